The standard InChI is InChI=1S/C6H12O3.H3N/c1-3-5(9-2)4-6(7)8;/h5H,3-4H2,1-2H3,(H,7,8);1H3. The van der Waals surface area contributed by atoms with E-state index in [4.69, 9.17) is 9.84 Å². The number of hydrogen-bond donors (Lipinski definition) is 2. The molecule has 1 atom stereocenters. The fraction of sp³-hybridized carbons (Fsp3) is 0.833. The van der Waals surface area contributed by atoms with E-state index in [0.29, 0.717) is 0 Å². The van der Waals surface area contributed by atoms with E-state index in [-0.39, 0.29) is 18.7 Å². The highest BCUT2D eigenvalue weighted by molar-refractivity contribution is 5.67. The van der Waals surface area contributed by atoms with Crippen molar-refractivity contribution in [3.05, 3.63) is 0 Å². The molecular formula is C6H15NO3. The number of carbonyl (C=O) groups is 1. The summed E-state index contributed by atoms with van der Waals surface area (Å²) in [7, 11) is 1.52. The van der Waals surface area contributed by atoms with Crippen molar-refractivity contribution in [2.75, 3.05) is 7.11 Å². The van der Waals surface area contributed by atoms with Gasteiger partial charge in [-0.25, -0.2) is 0 Å². The Labute approximate surface area is 60.8 Å². The molecule has 0 saturated carbocycles. The summed E-state index contributed by atoms with van der Waals surface area (Å²) in [5.74, 6) is -0.802. The Morgan fingerprint density at radius 3 is 2.30 bits per heavy atom. The van der Waals surface area contributed by atoms with Crippen molar-refractivity contribution in [2.45, 2.75) is 25.9 Å². The van der Waals surface area contributed by atoms with Gasteiger partial charge in [-0.05, 0) is 6.42 Å². The number of carboxylic acids is 1. The first-order valence-corrected chi connectivity index (χ1v) is 2.95. The number of ether oxygens (including phenoxy) is 1. The highest BCUT2D eigenvalue weighted by atomic mass is 16.5. The van der Waals surface area contributed by atoms with Crippen LogP contribution in [0.2, 0.25) is 0 Å². The molecule has 10 heavy (non-hydrogen) atoms. The van der Waals surface area contributed by atoms with Crippen LogP contribution in [0.3, 0.4) is 0 Å². The fourth-order valence-electron chi connectivity index (χ4n) is 0.589. The van der Waals surface area contributed by atoms with E-state index in [1.807, 2.05) is 6.92 Å². The quantitative estimate of drug-likeness (QED) is 0.625. The third-order valence-corrected chi connectivity index (χ3v) is 1.19. The zero-order valence-corrected chi connectivity index (χ0v) is 6.46. The minimum atomic E-state index is -0.802. The van der Waals surface area contributed by atoms with Crippen molar-refractivity contribution in [1.82, 2.24) is 6.15 Å². The maximum atomic E-state index is 10.0. The summed E-state index contributed by atoms with van der Waals surface area (Å²) in [6, 6.07) is 0. The Hall–Kier alpha value is -0.610. The van der Waals surface area contributed by atoms with Gasteiger partial charge in [0.25, 0.3) is 0 Å². The molecular weight excluding hydrogens is 134 g/mol. The van der Waals surface area contributed by atoms with Crippen LogP contribution in [0.15, 0.2) is 0 Å². The second kappa shape index (κ2) is 6.51. The van der Waals surface area contributed by atoms with Gasteiger partial charge in [0.15, 0.2) is 0 Å². The van der Waals surface area contributed by atoms with E-state index in [2.05, 4.69) is 0 Å². The molecule has 0 radical (unpaired) electrons. The minimum absolute atomic E-state index is 0. The molecule has 4 N–H and O–H groups in total. The Kier molecular flexibility index (Phi) is 7.88. The predicted molar refractivity (Wildman–Crippen MR) is 38.4 cm³/mol. The summed E-state index contributed by atoms with van der Waals surface area (Å²) in [6.07, 6.45) is 0.734. The molecule has 0 saturated heterocycles. The molecule has 0 aliphatic carbocycles. The Morgan fingerprint density at radius 2 is 2.20 bits per heavy atom. The third-order valence-electron chi connectivity index (χ3n) is 1.19. The van der Waals surface area contributed by atoms with Gasteiger partial charge in [-0.2, -0.15) is 0 Å². The number of hydrogen-bond acceptors (Lipinski definition) is 3. The molecule has 0 aromatic rings. The second-order valence-corrected chi connectivity index (χ2v) is 1.86. The lowest BCUT2D eigenvalue weighted by Crippen LogP contribution is -2.14. The molecule has 62 valence electrons. The summed E-state index contributed by atoms with van der Waals surface area (Å²) in [6.45, 7) is 1.90. The first-order valence-electron chi connectivity index (χ1n) is 2.95. The topological polar surface area (TPSA) is 81.5 Å². The van der Waals surface area contributed by atoms with Crippen LogP contribution in [0.25, 0.3) is 0 Å². The van der Waals surface area contributed by atoms with Gasteiger partial charge in [-0.15, -0.1) is 0 Å². The van der Waals surface area contributed by atoms with Gasteiger partial charge in [0, 0.05) is 7.11 Å². The van der Waals surface area contributed by atoms with Gasteiger partial charge in [0.1, 0.15) is 0 Å². The molecule has 0 aromatic heterocycles. The van der Waals surface area contributed by atoms with E-state index in [1.165, 1.54) is 7.11 Å². The van der Waals surface area contributed by atoms with E-state index >= 15 is 0 Å². The van der Waals surface area contributed by atoms with Crippen molar-refractivity contribution in [3.8, 4) is 0 Å². The van der Waals surface area contributed by atoms with Gasteiger partial charge in [-0.3, -0.25) is 4.79 Å². The zero-order chi connectivity index (χ0) is 7.28. The fourth-order valence-corrected chi connectivity index (χ4v) is 0.589. The first kappa shape index (κ1) is 12.1. The molecule has 0 rings (SSSR count). The highest BCUT2D eigenvalue weighted by Crippen LogP contribution is 2.00. The van der Waals surface area contributed by atoms with E-state index in [0.717, 1.165) is 6.42 Å². The molecule has 0 heterocycles. The van der Waals surface area contributed by atoms with Crippen LogP contribution in [0.1, 0.15) is 19.8 Å². The van der Waals surface area contributed by atoms with Crippen LogP contribution in [0.5, 0.6) is 0 Å². The Bertz CT molecular complexity index is 91.0. The van der Waals surface area contributed by atoms with Crippen molar-refractivity contribution in [1.29, 1.82) is 0 Å². The molecule has 0 amide bonds. The van der Waals surface area contributed by atoms with Gasteiger partial charge in [-0.1, -0.05) is 6.92 Å². The Morgan fingerprint density at radius 1 is 1.70 bits per heavy atom. The summed E-state index contributed by atoms with van der Waals surface area (Å²) < 4.78 is 4.83. The third kappa shape index (κ3) is 5.53. The number of rotatable bonds is 4. The van der Waals surface area contributed by atoms with Crippen LogP contribution in [0, 0.1) is 0 Å². The second-order valence-electron chi connectivity index (χ2n) is 1.86. The monoisotopic (exact) mass is 149 g/mol. The smallest absolute Gasteiger partial charge is 0.305 e. The van der Waals surface area contributed by atoms with Gasteiger partial charge in [0.2, 0.25) is 0 Å². The van der Waals surface area contributed by atoms with Crippen LogP contribution >= 0.6 is 0 Å². The highest BCUT2D eigenvalue weighted by Gasteiger charge is 2.07. The van der Waals surface area contributed by atoms with Crippen molar-refractivity contribution in [2.24, 2.45) is 0 Å². The van der Waals surface area contributed by atoms with E-state index in [1.54, 1.807) is 0 Å². The molecule has 0 aliphatic heterocycles. The molecule has 4 heteroatoms. The maximum Gasteiger partial charge on any atom is 0.305 e. The number of aliphatic carboxylic acids is 1. The lowest BCUT2D eigenvalue weighted by Gasteiger charge is -2.07. The SMILES string of the molecule is CCC(CC(=O)O)OC.N. The summed E-state index contributed by atoms with van der Waals surface area (Å²) in [5.41, 5.74) is 0. The summed E-state index contributed by atoms with van der Waals surface area (Å²) in [5, 5.41) is 8.27. The van der Waals surface area contributed by atoms with E-state index in [9.17, 15) is 4.79 Å². The molecule has 0 spiro atoms. The molecule has 0 bridgehead atoms. The van der Waals surface area contributed by atoms with Gasteiger partial charge in [0.05, 0.1) is 12.5 Å². The van der Waals surface area contributed by atoms with Gasteiger partial charge < -0.3 is 16.0 Å². The molecule has 1 unspecified atom stereocenters. The number of methoxy groups -OCH3 is 1. The van der Waals surface area contributed by atoms with Crippen molar-refractivity contribution >= 4 is 5.97 Å². The van der Waals surface area contributed by atoms with E-state index < -0.39 is 5.97 Å². The predicted octanol–water partition coefficient (Wildman–Crippen LogP) is 1.05. The normalized spacial score (nSPS) is 11.8. The number of carboxylic acid groups (broad SMARTS) is 1. The van der Waals surface area contributed by atoms with Crippen molar-refractivity contribution < 1.29 is 14.6 Å². The molecule has 0 fully saturated rings. The average Bonchev–Trinajstić information content (AvgIpc) is 1.82. The summed E-state index contributed by atoms with van der Waals surface area (Å²) in [4.78, 5) is 10.0. The van der Waals surface area contributed by atoms with Gasteiger partial charge >= 0.3 is 5.97 Å². The van der Waals surface area contributed by atoms with Crippen LogP contribution < -0.4 is 6.15 Å². The largest absolute Gasteiger partial charge is 0.481 e. The lowest BCUT2D eigenvalue weighted by atomic mass is 10.2. The lowest BCUT2D eigenvalue weighted by molar-refractivity contribution is -0.139. The average molecular weight is 149 g/mol. The Balaban J connectivity index is 0. The molecule has 4 nitrogen and oxygen atoms in total. The summed E-state index contributed by atoms with van der Waals surface area (Å²) >= 11 is 0. The maximum absolute atomic E-state index is 10.0. The van der Waals surface area contributed by atoms with Crippen LogP contribution in [-0.2, 0) is 9.53 Å². The minimum Gasteiger partial charge on any atom is -0.481 e. The first-order chi connectivity index (χ1) is 4.20. The van der Waals surface area contributed by atoms with Crippen LogP contribution in [0.4, 0.5) is 0 Å². The molecule has 0 aliphatic rings. The zero-order valence-electron chi connectivity index (χ0n) is 6.46. The van der Waals surface area contributed by atoms with Crippen LogP contribution in [-0.4, -0.2) is 24.3 Å². The van der Waals surface area contributed by atoms with Crippen molar-refractivity contribution in [3.63, 3.8) is 0 Å². The molecule has 0 aromatic carbocycles.